The summed E-state index contributed by atoms with van der Waals surface area (Å²) in [5, 5.41) is 9.30. The molecule has 1 saturated carbocycles. The van der Waals surface area contributed by atoms with Gasteiger partial charge in [0.15, 0.2) is 0 Å². The zero-order valence-corrected chi connectivity index (χ0v) is 14.3. The number of nitrogens with zero attached hydrogens (tertiary/aromatic N) is 2. The first kappa shape index (κ1) is 16.3. The predicted octanol–water partition coefficient (Wildman–Crippen LogP) is 2.47. The van der Waals surface area contributed by atoms with Gasteiger partial charge in [-0.2, -0.15) is 5.26 Å². The molecular weight excluding hydrogens is 326 g/mol. The van der Waals surface area contributed by atoms with Gasteiger partial charge in [0.2, 0.25) is 5.91 Å². The van der Waals surface area contributed by atoms with Crippen LogP contribution < -0.4 is 5.73 Å². The Hall–Kier alpha value is -3.13. The number of primary amides is 1. The van der Waals surface area contributed by atoms with E-state index in [9.17, 15) is 14.9 Å². The molecule has 0 aromatic heterocycles. The van der Waals surface area contributed by atoms with E-state index in [4.69, 9.17) is 5.73 Å². The Labute approximate surface area is 152 Å². The van der Waals surface area contributed by atoms with Crippen molar-refractivity contribution < 1.29 is 9.59 Å². The molecule has 1 aliphatic heterocycles. The van der Waals surface area contributed by atoms with Crippen LogP contribution in [-0.4, -0.2) is 23.3 Å². The molecule has 1 atom stereocenters. The van der Waals surface area contributed by atoms with Crippen LogP contribution in [0.15, 0.2) is 48.5 Å². The van der Waals surface area contributed by atoms with Gasteiger partial charge in [-0.3, -0.25) is 9.59 Å². The van der Waals surface area contributed by atoms with Crippen LogP contribution in [0.5, 0.6) is 0 Å². The van der Waals surface area contributed by atoms with E-state index in [2.05, 4.69) is 6.07 Å². The molecule has 0 spiro atoms. The normalized spacial score (nSPS) is 20.0. The summed E-state index contributed by atoms with van der Waals surface area (Å²) in [6, 6.07) is 16.4. The first-order valence-corrected chi connectivity index (χ1v) is 8.76. The number of carbonyl (C=O) groups is 2. The molecule has 2 amide bonds. The van der Waals surface area contributed by atoms with Crippen molar-refractivity contribution in [2.75, 3.05) is 6.54 Å². The summed E-state index contributed by atoms with van der Waals surface area (Å²) in [5.74, 6) is -0.736. The van der Waals surface area contributed by atoms with Crippen molar-refractivity contribution in [1.82, 2.24) is 4.90 Å². The number of amides is 2. The van der Waals surface area contributed by atoms with Crippen LogP contribution in [0.4, 0.5) is 0 Å². The van der Waals surface area contributed by atoms with Gasteiger partial charge in [0, 0.05) is 12.1 Å². The van der Waals surface area contributed by atoms with E-state index in [1.165, 1.54) is 0 Å². The lowest BCUT2D eigenvalue weighted by Gasteiger charge is -2.35. The van der Waals surface area contributed by atoms with E-state index in [-0.39, 0.29) is 11.3 Å². The van der Waals surface area contributed by atoms with Gasteiger partial charge in [0.05, 0.1) is 11.5 Å². The summed E-state index contributed by atoms with van der Waals surface area (Å²) in [6.45, 7) is 0.452. The summed E-state index contributed by atoms with van der Waals surface area (Å²) < 4.78 is 0. The van der Waals surface area contributed by atoms with Gasteiger partial charge in [0.25, 0.3) is 5.91 Å². The maximum absolute atomic E-state index is 13.0. The second kappa shape index (κ2) is 5.99. The SMILES string of the molecule is N#CC1(c2ccc(C(=O)N3CCc4ccccc4C3C(N)=O)cc2)CC1. The first-order valence-electron chi connectivity index (χ1n) is 8.76. The molecule has 2 aliphatic rings. The molecule has 1 aliphatic carbocycles. The van der Waals surface area contributed by atoms with Crippen LogP contribution >= 0.6 is 0 Å². The average molecular weight is 345 g/mol. The molecule has 2 aromatic rings. The van der Waals surface area contributed by atoms with E-state index in [1.807, 2.05) is 36.4 Å². The van der Waals surface area contributed by atoms with E-state index in [0.29, 0.717) is 18.5 Å². The maximum atomic E-state index is 13.0. The number of nitrogens with two attached hydrogens (primary N) is 1. The Morgan fingerprint density at radius 2 is 1.81 bits per heavy atom. The van der Waals surface area contributed by atoms with Gasteiger partial charge in [-0.1, -0.05) is 36.4 Å². The fourth-order valence-corrected chi connectivity index (χ4v) is 3.78. The van der Waals surface area contributed by atoms with Crippen LogP contribution in [0.1, 0.15) is 45.9 Å². The molecule has 0 saturated heterocycles. The average Bonchev–Trinajstić information content (AvgIpc) is 3.48. The predicted molar refractivity (Wildman–Crippen MR) is 96.1 cm³/mol. The second-order valence-corrected chi connectivity index (χ2v) is 7.02. The van der Waals surface area contributed by atoms with Crippen LogP contribution in [0.3, 0.4) is 0 Å². The summed E-state index contributed by atoms with van der Waals surface area (Å²) >= 11 is 0. The Balaban J connectivity index is 1.64. The molecular formula is C21H19N3O2. The van der Waals surface area contributed by atoms with Gasteiger partial charge in [-0.05, 0) is 48.1 Å². The maximum Gasteiger partial charge on any atom is 0.254 e. The molecule has 4 rings (SSSR count). The lowest BCUT2D eigenvalue weighted by molar-refractivity contribution is -0.123. The second-order valence-electron chi connectivity index (χ2n) is 7.02. The van der Waals surface area contributed by atoms with Crippen molar-refractivity contribution in [3.63, 3.8) is 0 Å². The first-order chi connectivity index (χ1) is 12.6. The van der Waals surface area contributed by atoms with Crippen LogP contribution in [-0.2, 0) is 16.6 Å². The summed E-state index contributed by atoms with van der Waals surface area (Å²) in [4.78, 5) is 26.7. The van der Waals surface area contributed by atoms with Gasteiger partial charge in [-0.25, -0.2) is 0 Å². The summed E-state index contributed by atoms with van der Waals surface area (Å²) in [6.07, 6.45) is 2.42. The third-order valence-electron chi connectivity index (χ3n) is 5.46. The van der Waals surface area contributed by atoms with E-state index in [0.717, 1.165) is 29.5 Å². The number of nitriles is 1. The van der Waals surface area contributed by atoms with Gasteiger partial charge in [0.1, 0.15) is 6.04 Å². The van der Waals surface area contributed by atoms with Crippen molar-refractivity contribution in [1.29, 1.82) is 5.26 Å². The van der Waals surface area contributed by atoms with E-state index in [1.54, 1.807) is 17.0 Å². The molecule has 26 heavy (non-hydrogen) atoms. The number of benzene rings is 2. The van der Waals surface area contributed by atoms with Crippen LogP contribution in [0, 0.1) is 11.3 Å². The Kier molecular flexibility index (Phi) is 3.77. The zero-order chi connectivity index (χ0) is 18.3. The summed E-state index contributed by atoms with van der Waals surface area (Å²) in [7, 11) is 0. The molecule has 0 radical (unpaired) electrons. The number of fused-ring (bicyclic) bond motifs is 1. The lowest BCUT2D eigenvalue weighted by atomic mass is 9.91. The van der Waals surface area contributed by atoms with Gasteiger partial charge >= 0.3 is 0 Å². The standard InChI is InChI=1S/C21H19N3O2/c22-13-21(10-11-21)16-7-5-15(6-8-16)20(26)24-12-9-14-3-1-2-4-17(14)18(24)19(23)25/h1-8,18H,9-12H2,(H2,23,25). The largest absolute Gasteiger partial charge is 0.368 e. The quantitative estimate of drug-likeness (QED) is 0.927. The number of hydrogen-bond acceptors (Lipinski definition) is 3. The molecule has 1 unspecified atom stereocenters. The highest BCUT2D eigenvalue weighted by Crippen LogP contribution is 2.47. The Morgan fingerprint density at radius 1 is 1.12 bits per heavy atom. The fraction of sp³-hybridized carbons (Fsp3) is 0.286. The molecule has 5 nitrogen and oxygen atoms in total. The Morgan fingerprint density at radius 3 is 2.42 bits per heavy atom. The molecule has 2 N–H and O–H groups in total. The molecule has 1 fully saturated rings. The van der Waals surface area contributed by atoms with Crippen molar-refractivity contribution in [3.05, 3.63) is 70.8 Å². The smallest absolute Gasteiger partial charge is 0.254 e. The Bertz CT molecular complexity index is 923. The molecule has 130 valence electrons. The third-order valence-corrected chi connectivity index (χ3v) is 5.46. The van der Waals surface area contributed by atoms with Crippen molar-refractivity contribution in [2.45, 2.75) is 30.7 Å². The minimum Gasteiger partial charge on any atom is -0.368 e. The van der Waals surface area contributed by atoms with Crippen molar-refractivity contribution in [2.24, 2.45) is 5.73 Å². The molecule has 2 aromatic carbocycles. The van der Waals surface area contributed by atoms with Gasteiger partial charge < -0.3 is 10.6 Å². The van der Waals surface area contributed by atoms with Crippen molar-refractivity contribution >= 4 is 11.8 Å². The van der Waals surface area contributed by atoms with Crippen LogP contribution in [0.2, 0.25) is 0 Å². The zero-order valence-electron chi connectivity index (χ0n) is 14.3. The van der Waals surface area contributed by atoms with Crippen molar-refractivity contribution in [3.8, 4) is 6.07 Å². The highest BCUT2D eigenvalue weighted by atomic mass is 16.2. The number of carbonyl (C=O) groups excluding carboxylic acids is 2. The number of hydrogen-bond donors (Lipinski definition) is 1. The lowest BCUT2D eigenvalue weighted by Crippen LogP contribution is -2.45. The molecule has 5 heteroatoms. The fourth-order valence-electron chi connectivity index (χ4n) is 3.78. The van der Waals surface area contributed by atoms with Gasteiger partial charge in [-0.15, -0.1) is 0 Å². The minimum atomic E-state index is -0.749. The van der Waals surface area contributed by atoms with E-state index >= 15 is 0 Å². The number of rotatable bonds is 3. The highest BCUT2D eigenvalue weighted by Gasteiger charge is 2.45. The molecule has 0 bridgehead atoms. The monoisotopic (exact) mass is 345 g/mol. The third kappa shape index (κ3) is 2.55. The topological polar surface area (TPSA) is 87.2 Å². The van der Waals surface area contributed by atoms with E-state index < -0.39 is 11.9 Å². The highest BCUT2D eigenvalue weighted by molar-refractivity contribution is 5.98. The minimum absolute atomic E-state index is 0.211. The van der Waals surface area contributed by atoms with Crippen LogP contribution in [0.25, 0.3) is 0 Å². The molecule has 1 heterocycles. The summed E-state index contributed by atoms with van der Waals surface area (Å²) in [5.41, 5.74) is 8.57.